The highest BCUT2D eigenvalue weighted by molar-refractivity contribution is 7.80. The van der Waals surface area contributed by atoms with Gasteiger partial charge in [-0.3, -0.25) is 10.1 Å². The number of hydrogen-bond acceptors (Lipinski definition) is 4. The first-order valence-electron chi connectivity index (χ1n) is 6.98. The Bertz CT molecular complexity index is 449. The molecule has 0 radical (unpaired) electrons. The molecule has 0 spiro atoms. The molecular weight excluding hydrogens is 288 g/mol. The van der Waals surface area contributed by atoms with Gasteiger partial charge in [0.25, 0.3) is 5.91 Å². The third-order valence-electron chi connectivity index (χ3n) is 2.63. The van der Waals surface area contributed by atoms with Crippen molar-refractivity contribution in [2.45, 2.75) is 19.8 Å². The zero-order valence-corrected chi connectivity index (χ0v) is 13.3. The molecule has 0 aromatic heterocycles. The molecule has 21 heavy (non-hydrogen) atoms. The minimum absolute atomic E-state index is 0.235. The second-order valence-corrected chi connectivity index (χ2v) is 4.84. The van der Waals surface area contributed by atoms with Crippen LogP contribution in [0.15, 0.2) is 24.3 Å². The highest BCUT2D eigenvalue weighted by Gasteiger charge is 2.07. The molecule has 0 saturated heterocycles. The Morgan fingerprint density at radius 3 is 2.57 bits per heavy atom. The van der Waals surface area contributed by atoms with Gasteiger partial charge >= 0.3 is 0 Å². The summed E-state index contributed by atoms with van der Waals surface area (Å²) >= 11 is 5.05. The van der Waals surface area contributed by atoms with Crippen LogP contribution in [-0.4, -0.2) is 37.9 Å². The van der Waals surface area contributed by atoms with Crippen molar-refractivity contribution in [2.75, 3.05) is 26.9 Å². The summed E-state index contributed by atoms with van der Waals surface area (Å²) in [6.07, 6.45) is 1.78. The average molecular weight is 310 g/mol. The fourth-order valence-electron chi connectivity index (χ4n) is 1.56. The first-order chi connectivity index (χ1) is 10.2. The highest BCUT2D eigenvalue weighted by Crippen LogP contribution is 2.12. The van der Waals surface area contributed by atoms with E-state index in [0.717, 1.165) is 18.6 Å². The van der Waals surface area contributed by atoms with E-state index in [0.29, 0.717) is 30.4 Å². The van der Waals surface area contributed by atoms with E-state index in [4.69, 9.17) is 21.7 Å². The number of thiocarbonyl (C=S) groups is 1. The molecule has 1 amide bonds. The van der Waals surface area contributed by atoms with Crippen molar-refractivity contribution < 1.29 is 14.3 Å². The summed E-state index contributed by atoms with van der Waals surface area (Å²) in [7, 11) is 1.65. The summed E-state index contributed by atoms with van der Waals surface area (Å²) in [5.41, 5.74) is 0.542. The standard InChI is InChI=1S/C15H22N2O3S/c1-3-10-20-13-7-5-12(6-8-13)14(18)17-15(21)16-9-4-11-19-2/h5-8H,3-4,9-11H2,1-2H3,(H2,16,17,18,21). The van der Waals surface area contributed by atoms with Crippen LogP contribution in [0.4, 0.5) is 0 Å². The van der Waals surface area contributed by atoms with Crippen molar-refractivity contribution in [1.29, 1.82) is 0 Å². The molecule has 0 aliphatic rings. The van der Waals surface area contributed by atoms with Crippen molar-refractivity contribution in [3.63, 3.8) is 0 Å². The molecule has 116 valence electrons. The number of amides is 1. The molecule has 1 aromatic carbocycles. The van der Waals surface area contributed by atoms with Gasteiger partial charge in [0, 0.05) is 25.8 Å². The van der Waals surface area contributed by atoms with Crippen LogP contribution >= 0.6 is 12.2 Å². The van der Waals surface area contributed by atoms with Gasteiger partial charge in [-0.15, -0.1) is 0 Å². The molecule has 1 aromatic rings. The van der Waals surface area contributed by atoms with Crippen LogP contribution in [0.5, 0.6) is 5.75 Å². The lowest BCUT2D eigenvalue weighted by Crippen LogP contribution is -2.39. The molecular formula is C15H22N2O3S. The molecule has 5 nitrogen and oxygen atoms in total. The van der Waals surface area contributed by atoms with Crippen molar-refractivity contribution >= 4 is 23.2 Å². The van der Waals surface area contributed by atoms with Crippen molar-refractivity contribution in [1.82, 2.24) is 10.6 Å². The maximum atomic E-state index is 12.0. The highest BCUT2D eigenvalue weighted by atomic mass is 32.1. The lowest BCUT2D eigenvalue weighted by molar-refractivity contribution is 0.0976. The van der Waals surface area contributed by atoms with E-state index in [1.54, 1.807) is 31.4 Å². The topological polar surface area (TPSA) is 59.6 Å². The van der Waals surface area contributed by atoms with Gasteiger partial charge in [-0.05, 0) is 49.3 Å². The Kier molecular flexibility index (Phi) is 8.38. The first kappa shape index (κ1) is 17.4. The van der Waals surface area contributed by atoms with Crippen LogP contribution in [0.25, 0.3) is 0 Å². The molecule has 0 heterocycles. The molecule has 0 atom stereocenters. The number of carbonyl (C=O) groups excluding carboxylic acids is 1. The number of methoxy groups -OCH3 is 1. The van der Waals surface area contributed by atoms with Gasteiger partial charge in [-0.2, -0.15) is 0 Å². The van der Waals surface area contributed by atoms with E-state index in [1.165, 1.54) is 0 Å². The molecule has 0 fully saturated rings. The Labute approximate surface area is 131 Å². The fourth-order valence-corrected chi connectivity index (χ4v) is 1.76. The van der Waals surface area contributed by atoms with Gasteiger partial charge in [0.05, 0.1) is 6.61 Å². The fraction of sp³-hybridized carbons (Fsp3) is 0.467. The number of carbonyl (C=O) groups is 1. The van der Waals surface area contributed by atoms with Gasteiger partial charge < -0.3 is 14.8 Å². The Balaban J connectivity index is 2.38. The number of hydrogen-bond donors (Lipinski definition) is 2. The zero-order valence-electron chi connectivity index (χ0n) is 12.5. The summed E-state index contributed by atoms with van der Waals surface area (Å²) in [6.45, 7) is 4.03. The Hall–Kier alpha value is -1.66. The Morgan fingerprint density at radius 1 is 1.24 bits per heavy atom. The number of rotatable bonds is 8. The molecule has 0 unspecified atom stereocenters. The van der Waals surface area contributed by atoms with E-state index in [2.05, 4.69) is 10.6 Å². The molecule has 2 N–H and O–H groups in total. The van der Waals surface area contributed by atoms with Gasteiger partial charge in [-0.25, -0.2) is 0 Å². The van der Waals surface area contributed by atoms with Gasteiger partial charge in [0.2, 0.25) is 0 Å². The van der Waals surface area contributed by atoms with Crippen molar-refractivity contribution in [3.8, 4) is 5.75 Å². The number of nitrogens with one attached hydrogen (secondary N) is 2. The Morgan fingerprint density at radius 2 is 1.95 bits per heavy atom. The van der Waals surface area contributed by atoms with Gasteiger partial charge in [0.1, 0.15) is 5.75 Å². The van der Waals surface area contributed by atoms with Crippen LogP contribution in [-0.2, 0) is 4.74 Å². The van der Waals surface area contributed by atoms with Gasteiger partial charge in [-0.1, -0.05) is 6.92 Å². The normalized spacial score (nSPS) is 10.0. The van der Waals surface area contributed by atoms with Gasteiger partial charge in [0.15, 0.2) is 5.11 Å². The summed E-state index contributed by atoms with van der Waals surface area (Å²) in [5, 5.41) is 5.91. The summed E-state index contributed by atoms with van der Waals surface area (Å²) in [6, 6.07) is 6.99. The van der Waals surface area contributed by atoms with Crippen LogP contribution in [0.2, 0.25) is 0 Å². The van der Waals surface area contributed by atoms with E-state index in [-0.39, 0.29) is 5.91 Å². The minimum atomic E-state index is -0.235. The minimum Gasteiger partial charge on any atom is -0.494 e. The molecule has 6 heteroatoms. The monoisotopic (exact) mass is 310 g/mol. The van der Waals surface area contributed by atoms with Crippen LogP contribution in [0, 0.1) is 0 Å². The largest absolute Gasteiger partial charge is 0.494 e. The smallest absolute Gasteiger partial charge is 0.257 e. The molecule has 0 aliphatic heterocycles. The second kappa shape index (κ2) is 10.1. The van der Waals surface area contributed by atoms with Crippen molar-refractivity contribution in [3.05, 3.63) is 29.8 Å². The van der Waals surface area contributed by atoms with E-state index in [1.807, 2.05) is 6.92 Å². The van der Waals surface area contributed by atoms with E-state index < -0.39 is 0 Å². The SMILES string of the molecule is CCCOc1ccc(C(=O)NC(=S)NCCCOC)cc1. The maximum absolute atomic E-state index is 12.0. The van der Waals surface area contributed by atoms with Crippen LogP contribution < -0.4 is 15.4 Å². The molecule has 1 rings (SSSR count). The van der Waals surface area contributed by atoms with E-state index >= 15 is 0 Å². The maximum Gasteiger partial charge on any atom is 0.257 e. The van der Waals surface area contributed by atoms with E-state index in [9.17, 15) is 4.79 Å². The molecule has 0 saturated carbocycles. The zero-order chi connectivity index (χ0) is 15.5. The summed E-state index contributed by atoms with van der Waals surface area (Å²) < 4.78 is 10.4. The second-order valence-electron chi connectivity index (χ2n) is 4.43. The summed E-state index contributed by atoms with van der Waals surface area (Å²) in [5.74, 6) is 0.523. The van der Waals surface area contributed by atoms with Crippen molar-refractivity contribution in [2.24, 2.45) is 0 Å². The molecule has 0 bridgehead atoms. The summed E-state index contributed by atoms with van der Waals surface area (Å²) in [4.78, 5) is 12.0. The molecule has 0 aliphatic carbocycles. The number of ether oxygens (including phenoxy) is 2. The van der Waals surface area contributed by atoms with Crippen LogP contribution in [0.1, 0.15) is 30.1 Å². The lowest BCUT2D eigenvalue weighted by atomic mass is 10.2. The quantitative estimate of drug-likeness (QED) is 0.569. The predicted octanol–water partition coefficient (Wildman–Crippen LogP) is 2.12. The predicted molar refractivity (Wildman–Crippen MR) is 86.8 cm³/mol. The number of benzene rings is 1. The first-order valence-corrected chi connectivity index (χ1v) is 7.39. The third-order valence-corrected chi connectivity index (χ3v) is 2.87. The third kappa shape index (κ3) is 7.06. The van der Waals surface area contributed by atoms with Crippen LogP contribution in [0.3, 0.4) is 0 Å². The average Bonchev–Trinajstić information content (AvgIpc) is 2.50. The lowest BCUT2D eigenvalue weighted by Gasteiger charge is -2.10.